The molecule has 0 bridgehead atoms. The number of nitriles is 1. The minimum absolute atomic E-state index is 0.0372. The Morgan fingerprint density at radius 1 is 0.880 bits per heavy atom. The van der Waals surface area contributed by atoms with Gasteiger partial charge < -0.3 is 0 Å². The molecule has 0 saturated carbocycles. The Balaban J connectivity index is 2.62. The number of hydrogen-bond donors (Lipinski definition) is 2. The summed E-state index contributed by atoms with van der Waals surface area (Å²) in [7, 11) is -9.08. The van der Waals surface area contributed by atoms with E-state index >= 15 is 0 Å². The Morgan fingerprint density at radius 2 is 1.48 bits per heavy atom. The molecule has 0 aliphatic heterocycles. The van der Waals surface area contributed by atoms with Crippen molar-refractivity contribution >= 4 is 44.2 Å². The van der Waals surface area contributed by atoms with Crippen molar-refractivity contribution in [1.29, 1.82) is 5.26 Å². The van der Waals surface area contributed by atoms with Gasteiger partial charge in [0, 0.05) is 4.90 Å². The molecule has 130 valence electrons. The van der Waals surface area contributed by atoms with Crippen LogP contribution in [-0.4, -0.2) is 25.9 Å². The topological polar surface area (TPSA) is 133 Å². The van der Waals surface area contributed by atoms with E-state index in [0.717, 1.165) is 0 Å². The molecule has 2 aromatic carbocycles. The smallest absolute Gasteiger partial charge is 0.282 e. The van der Waals surface area contributed by atoms with Gasteiger partial charge in [0.1, 0.15) is 15.2 Å². The van der Waals surface area contributed by atoms with Gasteiger partial charge in [-0.2, -0.15) is 22.1 Å². The lowest BCUT2D eigenvalue weighted by molar-refractivity contribution is 0.479. The molecule has 0 aliphatic rings. The van der Waals surface area contributed by atoms with Crippen LogP contribution in [0.1, 0.15) is 11.1 Å². The molecule has 0 heterocycles. The molecule has 2 rings (SSSR count). The summed E-state index contributed by atoms with van der Waals surface area (Å²) < 4.78 is 64.7. The van der Waals surface area contributed by atoms with Gasteiger partial charge >= 0.3 is 0 Å². The molecule has 2 aromatic rings. The average molecular weight is 397 g/mol. The van der Waals surface area contributed by atoms with E-state index in [2.05, 4.69) is 0 Å². The fourth-order valence-electron chi connectivity index (χ4n) is 2.10. The predicted molar refractivity (Wildman–Crippen MR) is 92.9 cm³/mol. The van der Waals surface area contributed by atoms with Gasteiger partial charge in [-0.15, -0.1) is 0 Å². The number of rotatable bonds is 5. The first-order valence-electron chi connectivity index (χ1n) is 6.55. The molecular weight excluding hydrogens is 386 g/mol. The summed E-state index contributed by atoms with van der Waals surface area (Å²) in [5, 5.41) is 10.5. The fraction of sp³-hybridized carbons (Fsp3) is 0. The SMILES string of the molecule is N#CSc1cccc(C=Cc2ccccc2S(=O)(=O)O)c1S(=O)(=O)O. The first-order valence-corrected chi connectivity index (χ1v) is 10.3. The van der Waals surface area contributed by atoms with Crippen LogP contribution in [0.5, 0.6) is 0 Å². The fourth-order valence-corrected chi connectivity index (χ4v) is 4.44. The van der Waals surface area contributed by atoms with Crippen molar-refractivity contribution in [3.05, 3.63) is 53.6 Å². The van der Waals surface area contributed by atoms with E-state index in [1.807, 2.05) is 0 Å². The van der Waals surface area contributed by atoms with E-state index in [-0.39, 0.29) is 20.9 Å². The molecule has 0 saturated heterocycles. The minimum Gasteiger partial charge on any atom is -0.282 e. The van der Waals surface area contributed by atoms with Crippen LogP contribution < -0.4 is 0 Å². The molecule has 0 aliphatic carbocycles. The van der Waals surface area contributed by atoms with Gasteiger partial charge in [0.25, 0.3) is 20.2 Å². The van der Waals surface area contributed by atoms with Crippen LogP contribution >= 0.6 is 11.8 Å². The second kappa shape index (κ2) is 7.38. The minimum atomic E-state index is -4.62. The maximum atomic E-state index is 11.6. The Hall–Kier alpha value is -2.16. The number of benzene rings is 2. The van der Waals surface area contributed by atoms with E-state index in [1.165, 1.54) is 48.6 Å². The highest BCUT2D eigenvalue weighted by Crippen LogP contribution is 2.30. The second-order valence-electron chi connectivity index (χ2n) is 4.69. The summed E-state index contributed by atoms with van der Waals surface area (Å²) in [6, 6.07) is 9.82. The number of thioether (sulfide) groups is 1. The standard InChI is InChI=1S/C15H11NO6S3/c16-10-23-13-6-3-5-12(15(13)25(20,21)22)9-8-11-4-1-2-7-14(11)24(17,18)19/h1-9H,(H,17,18,19)(H,20,21,22). The van der Waals surface area contributed by atoms with Crippen LogP contribution in [0.4, 0.5) is 0 Å². The third kappa shape index (κ3) is 4.68. The molecule has 0 amide bonds. The van der Waals surface area contributed by atoms with Crippen molar-refractivity contribution in [3.63, 3.8) is 0 Å². The molecule has 7 nitrogen and oxygen atoms in total. The lowest BCUT2D eigenvalue weighted by atomic mass is 10.1. The van der Waals surface area contributed by atoms with Gasteiger partial charge in [-0.05, 0) is 35.0 Å². The Kier molecular flexibility index (Phi) is 5.66. The normalized spacial score (nSPS) is 12.2. The summed E-state index contributed by atoms with van der Waals surface area (Å²) in [5.74, 6) is 0. The number of thiocyanates is 1. The van der Waals surface area contributed by atoms with Crippen molar-refractivity contribution in [2.24, 2.45) is 0 Å². The molecule has 0 atom stereocenters. The van der Waals surface area contributed by atoms with E-state index in [9.17, 15) is 25.9 Å². The third-order valence-corrected chi connectivity index (χ3v) is 5.74. The van der Waals surface area contributed by atoms with Gasteiger partial charge in [0.05, 0.1) is 0 Å². The predicted octanol–water partition coefficient (Wildman–Crippen LogP) is 2.92. The second-order valence-corrected chi connectivity index (χ2v) is 8.26. The molecular formula is C15H11NO6S3. The maximum absolute atomic E-state index is 11.6. The van der Waals surface area contributed by atoms with Gasteiger partial charge in [0.15, 0.2) is 0 Å². The molecule has 0 aromatic heterocycles. The zero-order chi connectivity index (χ0) is 18.7. The Labute approximate surface area is 149 Å². The van der Waals surface area contributed by atoms with E-state index in [4.69, 9.17) is 5.26 Å². The van der Waals surface area contributed by atoms with Crippen molar-refractivity contribution in [1.82, 2.24) is 0 Å². The number of nitrogens with zero attached hydrogens (tertiary/aromatic N) is 1. The zero-order valence-electron chi connectivity index (χ0n) is 12.4. The number of hydrogen-bond acceptors (Lipinski definition) is 6. The van der Waals surface area contributed by atoms with Crippen molar-refractivity contribution in [3.8, 4) is 5.40 Å². The summed E-state index contributed by atoms with van der Waals surface area (Å²) in [4.78, 5) is -0.764. The van der Waals surface area contributed by atoms with Crippen LogP contribution in [0.25, 0.3) is 12.2 Å². The van der Waals surface area contributed by atoms with Gasteiger partial charge in [-0.3, -0.25) is 9.11 Å². The molecule has 0 radical (unpaired) electrons. The quantitative estimate of drug-likeness (QED) is 0.340. The van der Waals surface area contributed by atoms with E-state index in [1.54, 1.807) is 11.5 Å². The lowest BCUT2D eigenvalue weighted by Crippen LogP contribution is -2.03. The maximum Gasteiger partial charge on any atom is 0.296 e. The average Bonchev–Trinajstić information content (AvgIpc) is 2.51. The monoisotopic (exact) mass is 397 g/mol. The summed E-state index contributed by atoms with van der Waals surface area (Å²) >= 11 is 0.569. The Bertz CT molecular complexity index is 1080. The summed E-state index contributed by atoms with van der Waals surface area (Å²) in [5.41, 5.74) is 0.192. The van der Waals surface area contributed by atoms with Crippen LogP contribution in [-0.2, 0) is 20.2 Å². The van der Waals surface area contributed by atoms with Crippen molar-refractivity contribution in [2.75, 3.05) is 0 Å². The molecule has 25 heavy (non-hydrogen) atoms. The molecule has 0 fully saturated rings. The van der Waals surface area contributed by atoms with Gasteiger partial charge in [-0.1, -0.05) is 42.5 Å². The highest BCUT2D eigenvalue weighted by atomic mass is 32.2. The summed E-state index contributed by atoms with van der Waals surface area (Å²) in [6.07, 6.45) is 2.56. The lowest BCUT2D eigenvalue weighted by Gasteiger charge is -2.07. The molecule has 0 unspecified atom stereocenters. The van der Waals surface area contributed by atoms with Crippen LogP contribution in [0.3, 0.4) is 0 Å². The van der Waals surface area contributed by atoms with Crippen molar-refractivity contribution < 1.29 is 25.9 Å². The largest absolute Gasteiger partial charge is 0.296 e. The highest BCUT2D eigenvalue weighted by Gasteiger charge is 2.20. The first kappa shape index (κ1) is 19.2. The van der Waals surface area contributed by atoms with Crippen LogP contribution in [0, 0.1) is 10.7 Å². The van der Waals surface area contributed by atoms with Crippen molar-refractivity contribution in [2.45, 2.75) is 14.7 Å². The molecule has 2 N–H and O–H groups in total. The molecule has 0 spiro atoms. The summed E-state index contributed by atoms with van der Waals surface area (Å²) in [6.45, 7) is 0. The Morgan fingerprint density at radius 3 is 2.08 bits per heavy atom. The zero-order valence-corrected chi connectivity index (χ0v) is 14.8. The van der Waals surface area contributed by atoms with E-state index in [0.29, 0.717) is 11.8 Å². The highest BCUT2D eigenvalue weighted by molar-refractivity contribution is 8.04. The molecule has 10 heteroatoms. The van der Waals surface area contributed by atoms with Crippen LogP contribution in [0.2, 0.25) is 0 Å². The third-order valence-electron chi connectivity index (χ3n) is 3.06. The van der Waals surface area contributed by atoms with Gasteiger partial charge in [0.2, 0.25) is 0 Å². The first-order chi connectivity index (χ1) is 11.6. The van der Waals surface area contributed by atoms with Crippen LogP contribution in [0.15, 0.2) is 57.2 Å². The van der Waals surface area contributed by atoms with Gasteiger partial charge in [-0.25, -0.2) is 0 Å². The van der Waals surface area contributed by atoms with E-state index < -0.39 is 25.1 Å².